The first-order valence-corrected chi connectivity index (χ1v) is 10.1. The highest BCUT2D eigenvalue weighted by Crippen LogP contribution is 2.26. The maximum absolute atomic E-state index is 12.1. The molecule has 0 saturated carbocycles. The van der Waals surface area contributed by atoms with Crippen LogP contribution in [0.4, 0.5) is 22.6 Å². The number of hydrogen-bond acceptors (Lipinski definition) is 8. The Morgan fingerprint density at radius 3 is 2.55 bits per heavy atom. The molecule has 1 amide bonds. The second kappa shape index (κ2) is 8.86. The van der Waals surface area contributed by atoms with Gasteiger partial charge in [-0.3, -0.25) is 0 Å². The highest BCUT2D eigenvalue weighted by molar-refractivity contribution is 5.88. The standard InChI is InChI=1S/C22H24N6O3/c1-3-16-13-30-22(29)28(16)21-26-19(23)25-20(27-21)24-14(2)15-9-11-18(12-10-15)31-17-7-5-4-6-8-17/h4-12,14,16H,3,13H2,1-2H3,(H3,23,24,25,26,27)/t14-,16-/m0/s1. The van der Waals surface area contributed by atoms with Crippen molar-refractivity contribution >= 4 is 23.9 Å². The zero-order valence-electron chi connectivity index (χ0n) is 17.4. The molecule has 1 saturated heterocycles. The maximum atomic E-state index is 12.1. The summed E-state index contributed by atoms with van der Waals surface area (Å²) in [4.78, 5) is 26.2. The molecular formula is C22H24N6O3. The summed E-state index contributed by atoms with van der Waals surface area (Å²) in [5, 5.41) is 3.22. The number of nitrogens with one attached hydrogen (secondary N) is 1. The molecular weight excluding hydrogens is 396 g/mol. The average Bonchev–Trinajstić information content (AvgIpc) is 3.15. The van der Waals surface area contributed by atoms with Crippen molar-refractivity contribution < 1.29 is 14.3 Å². The van der Waals surface area contributed by atoms with E-state index in [0.717, 1.165) is 17.1 Å². The third-order valence-corrected chi connectivity index (χ3v) is 4.99. The van der Waals surface area contributed by atoms with Gasteiger partial charge in [0.2, 0.25) is 17.8 Å². The molecule has 2 aromatic carbocycles. The van der Waals surface area contributed by atoms with Crippen molar-refractivity contribution in [3.63, 3.8) is 0 Å². The Morgan fingerprint density at radius 1 is 1.13 bits per heavy atom. The van der Waals surface area contributed by atoms with Crippen molar-refractivity contribution in [3.8, 4) is 11.5 Å². The lowest BCUT2D eigenvalue weighted by molar-refractivity contribution is 0.178. The van der Waals surface area contributed by atoms with E-state index in [-0.39, 0.29) is 29.9 Å². The molecule has 0 aliphatic carbocycles. The minimum Gasteiger partial charge on any atom is -0.457 e. The van der Waals surface area contributed by atoms with Crippen molar-refractivity contribution in [1.82, 2.24) is 15.0 Å². The van der Waals surface area contributed by atoms with E-state index in [1.807, 2.05) is 68.4 Å². The van der Waals surface area contributed by atoms with Gasteiger partial charge in [0.25, 0.3) is 0 Å². The number of cyclic esters (lactones) is 1. The van der Waals surface area contributed by atoms with Crippen LogP contribution in [0.3, 0.4) is 0 Å². The first kappa shape index (κ1) is 20.4. The number of hydrogen-bond donors (Lipinski definition) is 2. The number of anilines is 3. The second-order valence-electron chi connectivity index (χ2n) is 7.18. The van der Waals surface area contributed by atoms with Gasteiger partial charge in [-0.15, -0.1) is 0 Å². The first-order chi connectivity index (χ1) is 15.0. The topological polar surface area (TPSA) is 115 Å². The highest BCUT2D eigenvalue weighted by Gasteiger charge is 2.35. The molecule has 0 unspecified atom stereocenters. The van der Waals surface area contributed by atoms with E-state index in [4.69, 9.17) is 15.2 Å². The van der Waals surface area contributed by atoms with E-state index in [2.05, 4.69) is 20.3 Å². The van der Waals surface area contributed by atoms with Crippen molar-refractivity contribution in [3.05, 3.63) is 60.2 Å². The number of amides is 1. The molecule has 2 atom stereocenters. The largest absolute Gasteiger partial charge is 0.457 e. The van der Waals surface area contributed by atoms with E-state index >= 15 is 0 Å². The molecule has 1 aliphatic rings. The van der Waals surface area contributed by atoms with Gasteiger partial charge >= 0.3 is 6.09 Å². The molecule has 9 heteroatoms. The zero-order chi connectivity index (χ0) is 21.8. The van der Waals surface area contributed by atoms with Crippen molar-refractivity contribution in [2.24, 2.45) is 0 Å². The quantitative estimate of drug-likeness (QED) is 0.585. The van der Waals surface area contributed by atoms with Gasteiger partial charge in [0.1, 0.15) is 18.1 Å². The maximum Gasteiger partial charge on any atom is 0.417 e. The number of ether oxygens (including phenoxy) is 2. The van der Waals surface area contributed by atoms with Gasteiger partial charge in [0, 0.05) is 0 Å². The van der Waals surface area contributed by atoms with Crippen LogP contribution in [0.2, 0.25) is 0 Å². The lowest BCUT2D eigenvalue weighted by atomic mass is 10.1. The molecule has 1 aliphatic heterocycles. The van der Waals surface area contributed by atoms with Gasteiger partial charge < -0.3 is 20.5 Å². The molecule has 9 nitrogen and oxygen atoms in total. The predicted octanol–water partition coefficient (Wildman–Crippen LogP) is 4.15. The fraction of sp³-hybridized carbons (Fsp3) is 0.273. The van der Waals surface area contributed by atoms with Crippen LogP contribution >= 0.6 is 0 Å². The normalized spacial score (nSPS) is 16.6. The van der Waals surface area contributed by atoms with Crippen molar-refractivity contribution in [2.45, 2.75) is 32.4 Å². The molecule has 0 radical (unpaired) electrons. The summed E-state index contributed by atoms with van der Waals surface area (Å²) in [6, 6.07) is 17.1. The van der Waals surface area contributed by atoms with E-state index in [1.54, 1.807) is 0 Å². The summed E-state index contributed by atoms with van der Waals surface area (Å²) in [5.74, 6) is 2.02. The van der Waals surface area contributed by atoms with Crippen LogP contribution in [-0.2, 0) is 4.74 Å². The summed E-state index contributed by atoms with van der Waals surface area (Å²) >= 11 is 0. The van der Waals surface area contributed by atoms with E-state index < -0.39 is 6.09 Å². The van der Waals surface area contributed by atoms with Crippen LogP contribution in [0.5, 0.6) is 11.5 Å². The molecule has 3 aromatic rings. The third kappa shape index (κ3) is 4.66. The van der Waals surface area contributed by atoms with E-state index in [1.165, 1.54) is 4.90 Å². The SMILES string of the molecule is CC[C@H]1COC(=O)N1c1nc(N)nc(N[C@@H](C)c2ccc(Oc3ccccc3)cc2)n1. The Kier molecular flexibility index (Phi) is 5.83. The summed E-state index contributed by atoms with van der Waals surface area (Å²) in [7, 11) is 0. The fourth-order valence-corrected chi connectivity index (χ4v) is 3.29. The van der Waals surface area contributed by atoms with Crippen LogP contribution in [-0.4, -0.2) is 33.7 Å². The molecule has 1 aromatic heterocycles. The van der Waals surface area contributed by atoms with Gasteiger partial charge in [0.15, 0.2) is 0 Å². The predicted molar refractivity (Wildman–Crippen MR) is 117 cm³/mol. The minimum absolute atomic E-state index is 0.0286. The smallest absolute Gasteiger partial charge is 0.417 e. The van der Waals surface area contributed by atoms with Gasteiger partial charge in [-0.05, 0) is 43.2 Å². The average molecular weight is 420 g/mol. The Labute approximate surface area is 180 Å². The lowest BCUT2D eigenvalue weighted by Crippen LogP contribution is -2.34. The van der Waals surface area contributed by atoms with Crippen LogP contribution in [0.25, 0.3) is 0 Å². The molecule has 2 heterocycles. The summed E-state index contributed by atoms with van der Waals surface area (Å²) in [6.07, 6.45) is 0.235. The summed E-state index contributed by atoms with van der Waals surface area (Å²) in [5.41, 5.74) is 6.88. The third-order valence-electron chi connectivity index (χ3n) is 4.99. The van der Waals surface area contributed by atoms with Crippen LogP contribution < -0.4 is 20.7 Å². The summed E-state index contributed by atoms with van der Waals surface area (Å²) < 4.78 is 11.0. The highest BCUT2D eigenvalue weighted by atomic mass is 16.6. The zero-order valence-corrected chi connectivity index (χ0v) is 17.4. The second-order valence-corrected chi connectivity index (χ2v) is 7.18. The fourth-order valence-electron chi connectivity index (χ4n) is 3.29. The van der Waals surface area contributed by atoms with Crippen LogP contribution in [0.15, 0.2) is 54.6 Å². The lowest BCUT2D eigenvalue weighted by Gasteiger charge is -2.20. The van der Waals surface area contributed by atoms with Gasteiger partial charge in [-0.1, -0.05) is 37.3 Å². The van der Waals surface area contributed by atoms with Gasteiger partial charge in [-0.25, -0.2) is 9.69 Å². The Morgan fingerprint density at radius 2 is 1.84 bits per heavy atom. The van der Waals surface area contributed by atoms with Crippen molar-refractivity contribution in [2.75, 3.05) is 22.6 Å². The molecule has 0 bridgehead atoms. The summed E-state index contributed by atoms with van der Waals surface area (Å²) in [6.45, 7) is 4.25. The number of carbonyl (C=O) groups excluding carboxylic acids is 1. The first-order valence-electron chi connectivity index (χ1n) is 10.1. The number of rotatable bonds is 7. The molecule has 0 spiro atoms. The van der Waals surface area contributed by atoms with Crippen LogP contribution in [0, 0.1) is 0 Å². The van der Waals surface area contributed by atoms with E-state index in [0.29, 0.717) is 13.0 Å². The number of nitrogen functional groups attached to an aromatic ring is 1. The number of nitrogens with two attached hydrogens (primary N) is 1. The van der Waals surface area contributed by atoms with Gasteiger partial charge in [0.05, 0.1) is 12.1 Å². The number of aromatic nitrogens is 3. The Balaban J connectivity index is 1.47. The monoisotopic (exact) mass is 420 g/mol. The number of nitrogens with zero attached hydrogens (tertiary/aromatic N) is 4. The molecule has 160 valence electrons. The number of benzene rings is 2. The molecule has 3 N–H and O–H groups in total. The molecule has 4 rings (SSSR count). The van der Waals surface area contributed by atoms with Crippen molar-refractivity contribution in [1.29, 1.82) is 0 Å². The Hall–Kier alpha value is -3.88. The molecule has 1 fully saturated rings. The van der Waals surface area contributed by atoms with E-state index in [9.17, 15) is 4.79 Å². The van der Waals surface area contributed by atoms with Crippen LogP contribution in [0.1, 0.15) is 31.9 Å². The Bertz CT molecular complexity index is 1040. The number of para-hydroxylation sites is 1. The minimum atomic E-state index is -0.481. The van der Waals surface area contributed by atoms with Gasteiger partial charge in [-0.2, -0.15) is 15.0 Å². The number of carbonyl (C=O) groups is 1. The molecule has 31 heavy (non-hydrogen) atoms.